The summed E-state index contributed by atoms with van der Waals surface area (Å²) in [4.78, 5) is 119. The van der Waals surface area contributed by atoms with Crippen LogP contribution in [-0.2, 0) is 59.8 Å². The molecule has 0 aliphatic carbocycles. The van der Waals surface area contributed by atoms with Gasteiger partial charge in [-0.1, -0.05) is 62.3 Å². The Balaban J connectivity index is 0.00000980. The molecule has 67 heavy (non-hydrogen) atoms. The smallest absolute Gasteiger partial charge is 0.872 e. The van der Waals surface area contributed by atoms with Crippen LogP contribution in [0.25, 0.3) is 0 Å². The van der Waals surface area contributed by atoms with Crippen molar-refractivity contribution in [1.29, 1.82) is 0 Å². The molecule has 2 saturated heterocycles. The van der Waals surface area contributed by atoms with Gasteiger partial charge in [0.2, 0.25) is 41.0 Å². The molecule has 4 heterocycles. The number of allylic oxidation sites excluding steroid dienone is 3. The maximum Gasteiger partial charge on any atom is 1.00 e. The van der Waals surface area contributed by atoms with E-state index in [0.29, 0.717) is 34.8 Å². The monoisotopic (exact) mass is 979 g/mol. The van der Waals surface area contributed by atoms with Crippen LogP contribution in [0.5, 0.6) is 5.75 Å². The van der Waals surface area contributed by atoms with Crippen LogP contribution in [0.1, 0.15) is 78.7 Å². The number of hydrogen-bond acceptors (Lipinski definition) is 14. The van der Waals surface area contributed by atoms with Gasteiger partial charge in [-0.2, -0.15) is 13.1 Å². The predicted molar refractivity (Wildman–Crippen MR) is 240 cm³/mol. The van der Waals surface area contributed by atoms with Gasteiger partial charge in [0, 0.05) is 37.9 Å². The van der Waals surface area contributed by atoms with Crippen LogP contribution in [0.4, 0.5) is 0 Å². The number of nitrogens with one attached hydrogen (secondary N) is 4. The van der Waals surface area contributed by atoms with Crippen LogP contribution >= 0.6 is 11.8 Å². The Morgan fingerprint density at radius 3 is 2.34 bits per heavy atom. The molecule has 2 fully saturated rings. The molecule has 23 heteroatoms. The number of hydrogen-bond donors (Lipinski definition) is 5. The zero-order valence-corrected chi connectivity index (χ0v) is 42.4. The molecule has 5 amide bonds. The van der Waals surface area contributed by atoms with Crippen LogP contribution in [0, 0.1) is 5.92 Å². The second-order valence-electron chi connectivity index (χ2n) is 17.1. The number of methoxy groups -OCH3 is 1. The van der Waals surface area contributed by atoms with Gasteiger partial charge >= 0.3 is 39.9 Å². The molecule has 0 radical (unpaired) electrons. The Morgan fingerprint density at radius 1 is 1.03 bits per heavy atom. The fourth-order valence-electron chi connectivity index (χ4n) is 8.42. The molecule has 4 aliphatic rings. The van der Waals surface area contributed by atoms with Gasteiger partial charge in [-0.3, -0.25) is 47.9 Å². The van der Waals surface area contributed by atoms with Crippen molar-refractivity contribution in [3.63, 3.8) is 0 Å². The second-order valence-corrected chi connectivity index (χ2v) is 19.3. The van der Waals surface area contributed by atoms with Crippen LogP contribution < -0.4 is 55.3 Å². The number of carbonyl (C=O) groups is 8. The summed E-state index contributed by atoms with van der Waals surface area (Å²) >= 11 is 1.36. The number of Topliss-reactive ketones (excluding diaryl/α,β-unsaturated/α-hetero) is 3. The average molecular weight is 980 g/mol. The normalized spacial score (nSPS) is 27.7. The van der Waals surface area contributed by atoms with Crippen molar-refractivity contribution in [3.8, 4) is 5.75 Å². The zero-order chi connectivity index (χ0) is 48.6. The van der Waals surface area contributed by atoms with Crippen molar-refractivity contribution in [2.45, 2.75) is 128 Å². The van der Waals surface area contributed by atoms with Crippen molar-refractivity contribution < 1.29 is 90.7 Å². The first-order valence-electron chi connectivity index (χ1n) is 21.9. The molecule has 5 rings (SSSR count). The number of likely N-dealkylation sites (tertiary alicyclic amines) is 1. The SMILES string of the molecule is CC[C@@H](C)[C@@H]1NC(=O)[C@@H]2CCCN2C(=O)[C@H](NC(=O)[C@@H]2CCCN2C(=O)[C@@H](NS(=O)(=O)O)[C@@H](C)OC)CC(=O)C(=O)/C(C)=C\C(C)=C\C2CSC(=N2)[C@H](Cc2ccc([O-])cc2)NC(=O)C1=O.[Na+]. The number of aliphatic imine (C=N–C) groups is 1. The minimum absolute atomic E-state index is 0. The first-order chi connectivity index (χ1) is 31.1. The number of ether oxygens (including phenoxy) is 1. The standard InChI is InChI=1S/C44H59N7O13S2.Na/c1-7-24(3)35-38(55)41(58)46-30(20-27-12-14-29(52)15-13-27)42-45-28(22-65-42)19-23(2)18-25(4)37(54)34(53)21-31(43(59)50-16-8-11-33(50)40(57)48-35)47-39(56)32-10-9-17-51(32)44(60)36(26(5)64-6)49-66(61,62)63;/h12-15,18-19,24,26,28,30-33,35-36,49,52H,7-11,16-17,20-22H2,1-6H3,(H,46,58)(H,47,56)(H,48,57)(H,61,62,63);/q;+1/p-1/b23-19+,25-18-;/t24-,26-,28?,30+,31-,32+,33+,35+,36+;/m1./s1. The average Bonchev–Trinajstić information content (AvgIpc) is 4.08. The van der Waals surface area contributed by atoms with Gasteiger partial charge in [-0.15, -0.1) is 17.5 Å². The van der Waals surface area contributed by atoms with Gasteiger partial charge in [0.05, 0.1) is 29.3 Å². The van der Waals surface area contributed by atoms with Gasteiger partial charge in [-0.05, 0) is 64.4 Å². The molecule has 0 saturated carbocycles. The van der Waals surface area contributed by atoms with E-state index in [1.54, 1.807) is 39.0 Å². The molecule has 1 aromatic carbocycles. The van der Waals surface area contributed by atoms with E-state index in [9.17, 15) is 56.4 Å². The molecular formula is C44H58N7NaO13S2. The van der Waals surface area contributed by atoms with Crippen LogP contribution in [0.3, 0.4) is 0 Å². The van der Waals surface area contributed by atoms with Gasteiger partial charge < -0.3 is 35.6 Å². The first kappa shape index (κ1) is 55.3. The summed E-state index contributed by atoms with van der Waals surface area (Å²) in [5.41, 5.74) is 1.27. The van der Waals surface area contributed by atoms with Gasteiger partial charge in [0.25, 0.3) is 5.91 Å². The second kappa shape index (κ2) is 24.3. The van der Waals surface area contributed by atoms with Gasteiger partial charge in [-0.25, -0.2) is 0 Å². The van der Waals surface area contributed by atoms with E-state index in [4.69, 9.17) is 9.73 Å². The largest absolute Gasteiger partial charge is 1.00 e. The third-order valence-corrected chi connectivity index (χ3v) is 14.0. The van der Waals surface area contributed by atoms with E-state index in [0.717, 1.165) is 9.80 Å². The summed E-state index contributed by atoms with van der Waals surface area (Å²) in [6.45, 7) is 7.93. The minimum atomic E-state index is -4.91. The molecule has 20 nitrogen and oxygen atoms in total. The maximum absolute atomic E-state index is 14.6. The van der Waals surface area contributed by atoms with Crippen molar-refractivity contribution in [2.24, 2.45) is 10.9 Å². The molecule has 9 atom stereocenters. The van der Waals surface area contributed by atoms with E-state index in [1.165, 1.54) is 50.9 Å². The molecule has 0 aromatic heterocycles. The summed E-state index contributed by atoms with van der Waals surface area (Å²) in [5, 5.41) is 20.4. The minimum Gasteiger partial charge on any atom is -0.872 e. The quantitative estimate of drug-likeness (QED) is 0.0846. The van der Waals surface area contributed by atoms with Gasteiger partial charge in [0.15, 0.2) is 0 Å². The number of ketones is 3. The Bertz CT molecular complexity index is 2290. The zero-order valence-electron chi connectivity index (χ0n) is 38.7. The molecule has 0 spiro atoms. The van der Waals surface area contributed by atoms with Crippen molar-refractivity contribution in [3.05, 3.63) is 53.1 Å². The van der Waals surface area contributed by atoms with E-state index >= 15 is 0 Å². The summed E-state index contributed by atoms with van der Waals surface area (Å²) in [6, 6.07) is -2.44. The van der Waals surface area contributed by atoms with Crippen LogP contribution in [-0.4, -0.2) is 149 Å². The van der Waals surface area contributed by atoms with Crippen molar-refractivity contribution in [1.82, 2.24) is 30.5 Å². The number of benzene rings is 1. The first-order valence-corrected chi connectivity index (χ1v) is 24.3. The van der Waals surface area contributed by atoms with Crippen molar-refractivity contribution in [2.75, 3.05) is 26.0 Å². The molecule has 2 bridgehead atoms. The van der Waals surface area contributed by atoms with Crippen molar-refractivity contribution >= 4 is 74.0 Å². The van der Waals surface area contributed by atoms with Crippen LogP contribution in [0.15, 0.2) is 52.6 Å². The summed E-state index contributed by atoms with van der Waals surface area (Å²) in [7, 11) is -3.70. The number of rotatable bonds is 11. The summed E-state index contributed by atoms with van der Waals surface area (Å²) in [6.07, 6.45) is 2.62. The van der Waals surface area contributed by atoms with E-state index in [1.807, 2.05) is 4.72 Å². The summed E-state index contributed by atoms with van der Waals surface area (Å²) in [5.74, 6) is -7.71. The topological polar surface area (TPSA) is 290 Å². The fraction of sp³-hybridized carbons (Fsp3) is 0.568. The van der Waals surface area contributed by atoms with E-state index in [-0.39, 0.29) is 79.7 Å². The number of carbonyl (C=O) groups excluding carboxylic acids is 8. The van der Waals surface area contributed by atoms with E-state index in [2.05, 4.69) is 16.0 Å². The summed E-state index contributed by atoms with van der Waals surface area (Å²) < 4.78 is 40.0. The number of thioether (sulfide) groups is 1. The van der Waals surface area contributed by atoms with E-state index < -0.39 is 118 Å². The molecule has 360 valence electrons. The van der Waals surface area contributed by atoms with Crippen LogP contribution in [0.2, 0.25) is 0 Å². The third-order valence-electron chi connectivity index (χ3n) is 12.3. The molecule has 1 aromatic rings. The number of fused-ring (bicyclic) bond motifs is 2. The Morgan fingerprint density at radius 2 is 1.70 bits per heavy atom. The molecule has 5 N–H and O–H groups in total. The number of nitrogens with zero attached hydrogens (tertiary/aromatic N) is 3. The molecular weight excluding hydrogens is 922 g/mol. The third kappa shape index (κ3) is 14.4. The predicted octanol–water partition coefficient (Wildman–Crippen LogP) is -2.90. The maximum atomic E-state index is 14.6. The Hall–Kier alpha value is -4.29. The Kier molecular flexibility index (Phi) is 20.1. The number of amides is 5. The van der Waals surface area contributed by atoms with Gasteiger partial charge in [0.1, 0.15) is 24.2 Å². The Labute approximate surface area is 416 Å². The molecule has 1 unspecified atom stereocenters. The fourth-order valence-corrected chi connectivity index (χ4v) is 10.1. The molecule has 4 aliphatic heterocycles.